The van der Waals surface area contributed by atoms with Crippen molar-refractivity contribution in [3.8, 4) is 5.75 Å². The number of sulfonamides is 1. The Bertz CT molecular complexity index is 1290. The van der Waals surface area contributed by atoms with Crippen LogP contribution in [0.4, 0.5) is 17.1 Å². The lowest BCUT2D eigenvalue weighted by molar-refractivity contribution is -0.121. The Labute approximate surface area is 212 Å². The molecular weight excluding hydrogens is 476 g/mol. The maximum Gasteiger partial charge on any atom is 0.264 e. The molecule has 1 heterocycles. The Hall–Kier alpha value is -3.72. The number of aryl methyl sites for hydroxylation is 1. The van der Waals surface area contributed by atoms with Crippen LogP contribution in [-0.4, -0.2) is 40.8 Å². The summed E-state index contributed by atoms with van der Waals surface area (Å²) in [5.74, 6) is 0.367. The highest BCUT2D eigenvalue weighted by Gasteiger charge is 2.30. The smallest absolute Gasteiger partial charge is 0.264 e. The van der Waals surface area contributed by atoms with Gasteiger partial charge in [-0.2, -0.15) is 0 Å². The quantitative estimate of drug-likeness (QED) is 0.424. The molecule has 3 aromatic rings. The summed E-state index contributed by atoms with van der Waals surface area (Å²) in [5.41, 5.74) is 3.42. The molecule has 9 heteroatoms. The van der Waals surface area contributed by atoms with Crippen molar-refractivity contribution in [3.05, 3.63) is 78.4 Å². The molecule has 0 saturated carbocycles. The van der Waals surface area contributed by atoms with E-state index in [1.165, 1.54) is 4.31 Å². The van der Waals surface area contributed by atoms with Crippen LogP contribution < -0.4 is 24.6 Å². The molecule has 0 spiro atoms. The van der Waals surface area contributed by atoms with Gasteiger partial charge in [0, 0.05) is 19.5 Å². The summed E-state index contributed by atoms with van der Waals surface area (Å²) in [7, 11) is -2.34. The number of fused-ring (bicyclic) bond motifs is 1. The number of para-hydroxylation sites is 2. The highest BCUT2D eigenvalue weighted by molar-refractivity contribution is 7.92. The molecule has 0 fully saturated rings. The Kier molecular flexibility index (Phi) is 7.69. The van der Waals surface area contributed by atoms with E-state index in [-0.39, 0.29) is 23.8 Å². The van der Waals surface area contributed by atoms with Crippen molar-refractivity contribution in [2.75, 3.05) is 34.7 Å². The molecule has 8 nitrogen and oxygen atoms in total. The van der Waals surface area contributed by atoms with Crippen LogP contribution in [0.2, 0.25) is 0 Å². The third kappa shape index (κ3) is 5.41. The molecule has 1 aliphatic rings. The lowest BCUT2D eigenvalue weighted by Gasteiger charge is -2.28. The fraction of sp³-hybridized carbons (Fsp3) is 0.296. The average molecular weight is 509 g/mol. The number of hydrogen-bond acceptors (Lipinski definition) is 6. The highest BCUT2D eigenvalue weighted by Crippen LogP contribution is 2.33. The number of amides is 1. The van der Waals surface area contributed by atoms with E-state index >= 15 is 0 Å². The zero-order valence-corrected chi connectivity index (χ0v) is 21.6. The first kappa shape index (κ1) is 25.4. The van der Waals surface area contributed by atoms with E-state index < -0.39 is 16.3 Å². The van der Waals surface area contributed by atoms with Gasteiger partial charge in [-0.15, -0.1) is 0 Å². The van der Waals surface area contributed by atoms with Gasteiger partial charge in [0.25, 0.3) is 10.0 Å². The van der Waals surface area contributed by atoms with Gasteiger partial charge >= 0.3 is 0 Å². The minimum Gasteiger partial charge on any atom is -0.497 e. The third-order valence-corrected chi connectivity index (χ3v) is 7.93. The molecule has 1 amide bonds. The SMILES string of the molecule is CCCN1c2ccccc2N[C@@H]1NC(=O)CCN(c1ccc(OC)cc1)S(=O)(=O)c1ccc(C)cc1. The van der Waals surface area contributed by atoms with Crippen molar-refractivity contribution in [1.29, 1.82) is 0 Å². The van der Waals surface area contributed by atoms with Crippen LogP contribution in [0.3, 0.4) is 0 Å². The van der Waals surface area contributed by atoms with Crippen molar-refractivity contribution in [2.24, 2.45) is 0 Å². The van der Waals surface area contributed by atoms with Crippen LogP contribution in [-0.2, 0) is 14.8 Å². The number of hydrogen-bond donors (Lipinski definition) is 2. The molecule has 36 heavy (non-hydrogen) atoms. The fourth-order valence-electron chi connectivity index (χ4n) is 4.22. The predicted molar refractivity (Wildman–Crippen MR) is 143 cm³/mol. The first-order valence-electron chi connectivity index (χ1n) is 12.0. The number of carbonyl (C=O) groups is 1. The molecule has 1 aliphatic heterocycles. The standard InChI is InChI=1S/C27H32N4O4S/c1-4-18-30-25-8-6-5-7-24(25)28-27(30)29-26(32)17-19-31(21-11-13-22(35-3)14-12-21)36(33,34)23-15-9-20(2)10-16-23/h5-16,27-28H,4,17-19H2,1-3H3,(H,29,32)/t27-/m1/s1. The van der Waals surface area contributed by atoms with E-state index in [1.54, 1.807) is 55.6 Å². The van der Waals surface area contributed by atoms with Gasteiger partial charge in [-0.05, 0) is 61.9 Å². The minimum absolute atomic E-state index is 0.00832. The second-order valence-corrected chi connectivity index (χ2v) is 10.5. The van der Waals surface area contributed by atoms with Gasteiger partial charge in [-0.1, -0.05) is 36.8 Å². The monoisotopic (exact) mass is 508 g/mol. The molecule has 0 aromatic heterocycles. The van der Waals surface area contributed by atoms with Gasteiger partial charge < -0.3 is 20.3 Å². The van der Waals surface area contributed by atoms with Crippen molar-refractivity contribution in [1.82, 2.24) is 5.32 Å². The second-order valence-electron chi connectivity index (χ2n) is 8.66. The Morgan fingerprint density at radius 2 is 1.75 bits per heavy atom. The molecule has 0 aliphatic carbocycles. The summed E-state index contributed by atoms with van der Waals surface area (Å²) in [6, 6.07) is 21.4. The van der Waals surface area contributed by atoms with E-state index in [9.17, 15) is 13.2 Å². The largest absolute Gasteiger partial charge is 0.497 e. The lowest BCUT2D eigenvalue weighted by Crippen LogP contribution is -2.50. The molecule has 0 unspecified atom stereocenters. The van der Waals surface area contributed by atoms with Crippen LogP contribution in [0.25, 0.3) is 0 Å². The summed E-state index contributed by atoms with van der Waals surface area (Å²) < 4.78 is 33.7. The molecule has 0 bridgehead atoms. The number of nitrogens with one attached hydrogen (secondary N) is 2. The molecule has 3 aromatic carbocycles. The number of anilines is 3. The van der Waals surface area contributed by atoms with Gasteiger partial charge in [0.15, 0.2) is 6.29 Å². The summed E-state index contributed by atoms with van der Waals surface area (Å²) in [6.45, 7) is 4.75. The average Bonchev–Trinajstić information content (AvgIpc) is 3.21. The van der Waals surface area contributed by atoms with E-state index in [2.05, 4.69) is 22.5 Å². The van der Waals surface area contributed by atoms with Crippen molar-refractivity contribution >= 4 is 33.0 Å². The Morgan fingerprint density at radius 1 is 1.06 bits per heavy atom. The molecule has 0 saturated heterocycles. The van der Waals surface area contributed by atoms with Crippen LogP contribution in [0.1, 0.15) is 25.3 Å². The molecular formula is C27H32N4O4S. The van der Waals surface area contributed by atoms with E-state index in [1.807, 2.05) is 31.2 Å². The Balaban J connectivity index is 1.52. The molecule has 190 valence electrons. The van der Waals surface area contributed by atoms with Crippen molar-refractivity contribution in [2.45, 2.75) is 37.9 Å². The first-order valence-corrected chi connectivity index (χ1v) is 13.4. The van der Waals surface area contributed by atoms with E-state index in [0.29, 0.717) is 11.4 Å². The van der Waals surface area contributed by atoms with Gasteiger partial charge in [-0.25, -0.2) is 8.42 Å². The highest BCUT2D eigenvalue weighted by atomic mass is 32.2. The number of rotatable bonds is 10. The lowest BCUT2D eigenvalue weighted by atomic mass is 10.2. The number of methoxy groups -OCH3 is 1. The molecule has 1 atom stereocenters. The zero-order chi connectivity index (χ0) is 25.7. The number of carbonyl (C=O) groups excluding carboxylic acids is 1. The van der Waals surface area contributed by atoms with Gasteiger partial charge in [0.2, 0.25) is 5.91 Å². The fourth-order valence-corrected chi connectivity index (χ4v) is 5.68. The molecule has 0 radical (unpaired) electrons. The van der Waals surface area contributed by atoms with Crippen LogP contribution >= 0.6 is 0 Å². The van der Waals surface area contributed by atoms with E-state index in [4.69, 9.17) is 4.74 Å². The summed E-state index contributed by atoms with van der Waals surface area (Å²) in [4.78, 5) is 15.3. The van der Waals surface area contributed by atoms with Gasteiger partial charge in [0.1, 0.15) is 5.75 Å². The normalized spacial score (nSPS) is 14.6. The molecule has 4 rings (SSSR count). The Morgan fingerprint density at radius 3 is 2.42 bits per heavy atom. The topological polar surface area (TPSA) is 91.0 Å². The summed E-state index contributed by atoms with van der Waals surface area (Å²) >= 11 is 0. The van der Waals surface area contributed by atoms with Crippen LogP contribution in [0.5, 0.6) is 5.75 Å². The first-order chi connectivity index (χ1) is 17.3. The maximum absolute atomic E-state index is 13.6. The van der Waals surface area contributed by atoms with Crippen molar-refractivity contribution < 1.29 is 17.9 Å². The summed E-state index contributed by atoms with van der Waals surface area (Å²) in [5, 5.41) is 6.36. The number of benzene rings is 3. The maximum atomic E-state index is 13.6. The molecule has 2 N–H and O–H groups in total. The van der Waals surface area contributed by atoms with Gasteiger partial charge in [-0.3, -0.25) is 9.10 Å². The van der Waals surface area contributed by atoms with E-state index in [0.717, 1.165) is 29.9 Å². The third-order valence-electron chi connectivity index (χ3n) is 6.09. The second kappa shape index (κ2) is 10.9. The predicted octanol–water partition coefficient (Wildman–Crippen LogP) is 4.33. The van der Waals surface area contributed by atoms with Crippen molar-refractivity contribution in [3.63, 3.8) is 0 Å². The van der Waals surface area contributed by atoms with Crippen LogP contribution in [0, 0.1) is 6.92 Å². The zero-order valence-electron chi connectivity index (χ0n) is 20.8. The number of nitrogens with zero attached hydrogens (tertiary/aromatic N) is 2. The van der Waals surface area contributed by atoms with Gasteiger partial charge in [0.05, 0.1) is 29.1 Å². The summed E-state index contributed by atoms with van der Waals surface area (Å²) in [6.07, 6.45) is 0.520. The minimum atomic E-state index is -3.89. The number of ether oxygens (including phenoxy) is 1. The van der Waals surface area contributed by atoms with Crippen LogP contribution in [0.15, 0.2) is 77.7 Å².